The summed E-state index contributed by atoms with van der Waals surface area (Å²) in [4.78, 5) is 71.3. The molecule has 2 unspecified atom stereocenters. The number of benzene rings is 1. The number of hydrogen-bond donors (Lipinski definition) is 3. The van der Waals surface area contributed by atoms with Crippen molar-refractivity contribution in [1.29, 1.82) is 0 Å². The summed E-state index contributed by atoms with van der Waals surface area (Å²) in [6, 6.07) is 10.1. The summed E-state index contributed by atoms with van der Waals surface area (Å²) >= 11 is 1.29. The lowest BCUT2D eigenvalue weighted by Gasteiger charge is -2.49. The van der Waals surface area contributed by atoms with Crippen LogP contribution in [0.25, 0.3) is 10.1 Å². The number of carbonyl (C=O) groups excluding carboxylic acids is 3. The van der Waals surface area contributed by atoms with Crippen LogP contribution < -0.4 is 10.2 Å². The van der Waals surface area contributed by atoms with E-state index in [1.807, 2.05) is 22.1 Å². The maximum atomic E-state index is 14.2. The maximum Gasteiger partial charge on any atom is 0.329 e. The Bertz CT molecular complexity index is 1730. The fraction of sp³-hybridized carbons (Fsp3) is 0.500. The molecule has 2 aromatic heterocycles. The van der Waals surface area contributed by atoms with E-state index in [1.165, 1.54) is 11.3 Å². The van der Waals surface area contributed by atoms with Crippen molar-refractivity contribution in [3.63, 3.8) is 0 Å². The molecule has 5 fully saturated rings. The van der Waals surface area contributed by atoms with Gasteiger partial charge in [0, 0.05) is 30.0 Å². The van der Waals surface area contributed by atoms with Gasteiger partial charge >= 0.3 is 7.60 Å². The van der Waals surface area contributed by atoms with Crippen molar-refractivity contribution in [2.24, 2.45) is 11.8 Å². The number of nitrogens with zero attached hydrogens (tertiary/aromatic N) is 4. The number of likely N-dealkylation sites (tertiary alicyclic amines) is 1. The van der Waals surface area contributed by atoms with E-state index in [0.29, 0.717) is 41.7 Å². The zero-order valence-electron chi connectivity index (χ0n) is 24.7. The molecule has 4 aliphatic heterocycles. The molecule has 7 atom stereocenters. The molecule has 1 aliphatic carbocycles. The number of thiophene rings is 1. The molecule has 3 aromatic rings. The van der Waals surface area contributed by atoms with Gasteiger partial charge in [0.15, 0.2) is 0 Å². The molecule has 1 aromatic carbocycles. The molecule has 45 heavy (non-hydrogen) atoms. The van der Waals surface area contributed by atoms with E-state index in [-0.39, 0.29) is 42.0 Å². The molecule has 13 heteroatoms. The second kappa shape index (κ2) is 10.9. The Morgan fingerprint density at radius 2 is 1.89 bits per heavy atom. The molecule has 6 heterocycles. The van der Waals surface area contributed by atoms with E-state index >= 15 is 0 Å². The van der Waals surface area contributed by atoms with Crippen molar-refractivity contribution in [2.45, 2.75) is 74.9 Å². The van der Waals surface area contributed by atoms with Gasteiger partial charge in [0.2, 0.25) is 11.8 Å². The molecule has 0 spiro atoms. The molecular formula is C32H36N5O6PS. The summed E-state index contributed by atoms with van der Waals surface area (Å²) < 4.78 is 12.3. The molecule has 11 nitrogen and oxygen atoms in total. The van der Waals surface area contributed by atoms with Crippen LogP contribution >= 0.6 is 18.9 Å². The van der Waals surface area contributed by atoms with E-state index in [4.69, 9.17) is 0 Å². The Kier molecular flexibility index (Phi) is 7.05. The highest BCUT2D eigenvalue weighted by Gasteiger charge is 2.55. The summed E-state index contributed by atoms with van der Waals surface area (Å²) in [5.74, 6) is 0.470. The van der Waals surface area contributed by atoms with E-state index in [2.05, 4.69) is 21.3 Å². The van der Waals surface area contributed by atoms with Crippen molar-refractivity contribution < 1.29 is 28.7 Å². The van der Waals surface area contributed by atoms with Gasteiger partial charge in [-0.25, -0.2) is 0 Å². The van der Waals surface area contributed by atoms with Crippen molar-refractivity contribution in [3.8, 4) is 0 Å². The van der Waals surface area contributed by atoms with Gasteiger partial charge in [0.05, 0.1) is 35.0 Å². The number of anilines is 1. The number of fused-ring (bicyclic) bond motifs is 4. The highest BCUT2D eigenvalue weighted by atomic mass is 32.1. The van der Waals surface area contributed by atoms with Crippen molar-refractivity contribution in [3.05, 3.63) is 59.2 Å². The first-order chi connectivity index (χ1) is 21.6. The molecule has 4 saturated heterocycles. The lowest BCUT2D eigenvalue weighted by molar-refractivity contribution is -0.152. The number of rotatable bonds is 6. The van der Waals surface area contributed by atoms with Gasteiger partial charge in [0.25, 0.3) is 5.91 Å². The number of aromatic nitrogens is 1. The fourth-order valence-electron chi connectivity index (χ4n) is 8.31. The Balaban J connectivity index is 0.983. The monoisotopic (exact) mass is 649 g/mol. The molecule has 0 bridgehead atoms. The van der Waals surface area contributed by atoms with Gasteiger partial charge in [-0.2, -0.15) is 0 Å². The molecule has 0 radical (unpaired) electrons. The molecule has 1 saturated carbocycles. The summed E-state index contributed by atoms with van der Waals surface area (Å²) in [5.41, 5.74) is 1.58. The average Bonchev–Trinajstić information content (AvgIpc) is 3.29. The van der Waals surface area contributed by atoms with Gasteiger partial charge < -0.3 is 29.8 Å². The minimum atomic E-state index is -4.22. The van der Waals surface area contributed by atoms with Crippen molar-refractivity contribution in [2.75, 3.05) is 18.0 Å². The Labute approximate surface area is 264 Å². The number of carbonyl (C=O) groups is 3. The zero-order chi connectivity index (χ0) is 31.0. The largest absolute Gasteiger partial charge is 0.363 e. The highest BCUT2D eigenvalue weighted by Crippen LogP contribution is 2.50. The fourth-order valence-corrected chi connectivity index (χ4v) is 9.93. The van der Waals surface area contributed by atoms with Crippen LogP contribution in [0.4, 0.5) is 5.69 Å². The molecule has 3 N–H and O–H groups in total. The first-order valence-corrected chi connectivity index (χ1v) is 18.4. The van der Waals surface area contributed by atoms with Crippen LogP contribution in [0.15, 0.2) is 48.8 Å². The van der Waals surface area contributed by atoms with Gasteiger partial charge in [-0.15, -0.1) is 11.3 Å². The van der Waals surface area contributed by atoms with Crippen LogP contribution in [0.5, 0.6) is 0 Å². The molecular weight excluding hydrogens is 613 g/mol. The van der Waals surface area contributed by atoms with E-state index in [0.717, 1.165) is 48.0 Å². The van der Waals surface area contributed by atoms with Crippen LogP contribution in [0.2, 0.25) is 0 Å². The number of nitrogens with one attached hydrogen (secondary N) is 1. The predicted octanol–water partition coefficient (Wildman–Crippen LogP) is 3.35. The second-order valence-electron chi connectivity index (χ2n) is 13.4. The van der Waals surface area contributed by atoms with Crippen LogP contribution in [0.1, 0.15) is 53.8 Å². The molecule has 3 amide bonds. The van der Waals surface area contributed by atoms with E-state index < -0.39 is 19.7 Å². The number of pyridine rings is 1. The zero-order valence-corrected chi connectivity index (χ0v) is 26.4. The van der Waals surface area contributed by atoms with Gasteiger partial charge in [-0.1, -0.05) is 6.07 Å². The SMILES string of the molecule is O=C(N[C@H]1C[C@@H]2C[C@@H]2C[C@H]2CC[C@@H](C(=O)N3CC4C3CCN4c3cccnc3)N2C1=O)c1cc2cc(CP(=O)(O)O)ccc2s1. The topological polar surface area (TPSA) is 143 Å². The standard InChI is InChI=1S/C32H36N5O6PS/c38-30(29-14-21-10-18(17-44(41,42)43)3-6-28(21)45-29)34-24-13-20-11-19(20)12-22-4-5-26(37(22)31(24)39)32(40)36-16-27-25(36)7-9-35(27)23-2-1-8-33-15-23/h1-3,6,8,10,14-15,19-20,22,24-27H,4-5,7,9,11-13,16-17H2,(H,34,38)(H2,41,42,43)/t19-,20+,22-,24+,25?,26+,27?/m1/s1. The van der Waals surface area contributed by atoms with Gasteiger partial charge in [-0.05, 0) is 91.6 Å². The van der Waals surface area contributed by atoms with Crippen molar-refractivity contribution >= 4 is 52.4 Å². The van der Waals surface area contributed by atoms with Crippen LogP contribution in [0.3, 0.4) is 0 Å². The smallest absolute Gasteiger partial charge is 0.329 e. The van der Waals surface area contributed by atoms with E-state index in [9.17, 15) is 28.7 Å². The van der Waals surface area contributed by atoms with Crippen LogP contribution in [0, 0.1) is 11.8 Å². The third-order valence-corrected chi connectivity index (χ3v) is 12.5. The Morgan fingerprint density at radius 1 is 1.04 bits per heavy atom. The first kappa shape index (κ1) is 29.1. The van der Waals surface area contributed by atoms with E-state index in [1.54, 1.807) is 30.5 Å². The third kappa shape index (κ3) is 5.35. The lowest BCUT2D eigenvalue weighted by Crippen LogP contribution is -2.67. The normalized spacial score (nSPS) is 30.7. The highest BCUT2D eigenvalue weighted by molar-refractivity contribution is 7.50. The quantitative estimate of drug-likeness (QED) is 0.345. The van der Waals surface area contributed by atoms with Crippen molar-refractivity contribution in [1.82, 2.24) is 20.1 Å². The predicted molar refractivity (Wildman–Crippen MR) is 169 cm³/mol. The number of hydrogen-bond acceptors (Lipinski definition) is 7. The third-order valence-electron chi connectivity index (χ3n) is 10.6. The van der Waals surface area contributed by atoms with Gasteiger partial charge in [0.1, 0.15) is 12.1 Å². The molecule has 5 aliphatic rings. The molecule has 8 rings (SSSR count). The summed E-state index contributed by atoms with van der Waals surface area (Å²) in [7, 11) is -4.22. The molecule has 236 valence electrons. The Hall–Kier alpha value is -3.31. The number of amides is 3. The second-order valence-corrected chi connectivity index (χ2v) is 16.1. The maximum absolute atomic E-state index is 14.2. The van der Waals surface area contributed by atoms with Gasteiger partial charge in [-0.3, -0.25) is 23.9 Å². The first-order valence-electron chi connectivity index (χ1n) is 15.8. The summed E-state index contributed by atoms with van der Waals surface area (Å²) in [6.45, 7) is 1.52. The average molecular weight is 650 g/mol. The van der Waals surface area contributed by atoms with Crippen LogP contribution in [-0.4, -0.2) is 85.6 Å². The summed E-state index contributed by atoms with van der Waals surface area (Å²) in [6.07, 6.45) is 8.18. The van der Waals surface area contributed by atoms with Crippen LogP contribution in [-0.2, 0) is 20.3 Å². The minimum absolute atomic E-state index is 0.0189. The summed E-state index contributed by atoms with van der Waals surface area (Å²) in [5, 5.41) is 3.76. The lowest BCUT2D eigenvalue weighted by atomic mass is 9.95. The Morgan fingerprint density at radius 3 is 2.69 bits per heavy atom. The minimum Gasteiger partial charge on any atom is -0.363 e.